The van der Waals surface area contributed by atoms with Crippen LogP contribution in [0.3, 0.4) is 0 Å². The fourth-order valence-corrected chi connectivity index (χ4v) is 2.96. The van der Waals surface area contributed by atoms with Gasteiger partial charge in [0.25, 0.3) is 5.91 Å². The summed E-state index contributed by atoms with van der Waals surface area (Å²) in [5, 5.41) is 6.63. The first-order chi connectivity index (χ1) is 11.7. The predicted octanol–water partition coefficient (Wildman–Crippen LogP) is 2.87. The quantitative estimate of drug-likeness (QED) is 0.887. The number of ether oxygens (including phenoxy) is 1. The number of rotatable bonds is 5. The summed E-state index contributed by atoms with van der Waals surface area (Å²) in [6, 6.07) is 15.5. The maximum absolute atomic E-state index is 12.9. The van der Waals surface area contributed by atoms with Gasteiger partial charge in [0.15, 0.2) is 0 Å². The molecule has 2 aromatic carbocycles. The Bertz CT molecular complexity index is 711. The first kappa shape index (κ1) is 16.3. The van der Waals surface area contributed by atoms with Crippen LogP contribution in [0.2, 0.25) is 0 Å². The molecule has 3 rings (SSSR count). The molecule has 0 unspecified atom stereocenters. The van der Waals surface area contributed by atoms with Gasteiger partial charge in [0, 0.05) is 31.4 Å². The molecule has 1 aliphatic heterocycles. The number of anilines is 2. The van der Waals surface area contributed by atoms with Gasteiger partial charge in [-0.25, -0.2) is 0 Å². The van der Waals surface area contributed by atoms with E-state index in [1.54, 1.807) is 7.11 Å². The molecule has 0 radical (unpaired) electrons. The molecular formula is C19H23N3O2. The number of benzene rings is 2. The lowest BCUT2D eigenvalue weighted by atomic mass is 10.1. The van der Waals surface area contributed by atoms with Gasteiger partial charge in [-0.15, -0.1) is 0 Å². The minimum Gasteiger partial charge on any atom is -0.497 e. The van der Waals surface area contributed by atoms with E-state index in [9.17, 15) is 4.79 Å². The highest BCUT2D eigenvalue weighted by Gasteiger charge is 2.25. The monoisotopic (exact) mass is 325 g/mol. The molecule has 2 N–H and O–H groups in total. The predicted molar refractivity (Wildman–Crippen MR) is 96.1 cm³/mol. The Kier molecular flexibility index (Phi) is 5.01. The van der Waals surface area contributed by atoms with Crippen molar-refractivity contribution in [3.63, 3.8) is 0 Å². The van der Waals surface area contributed by atoms with Crippen LogP contribution in [-0.4, -0.2) is 44.1 Å². The van der Waals surface area contributed by atoms with Gasteiger partial charge in [0.1, 0.15) is 5.75 Å². The van der Waals surface area contributed by atoms with Crippen molar-refractivity contribution in [2.75, 3.05) is 32.6 Å². The molecule has 1 amide bonds. The van der Waals surface area contributed by atoms with Crippen LogP contribution in [0, 0.1) is 0 Å². The smallest absolute Gasteiger partial charge is 0.255 e. The lowest BCUT2D eigenvalue weighted by Gasteiger charge is -2.25. The molecule has 1 heterocycles. The molecule has 0 saturated carbocycles. The summed E-state index contributed by atoms with van der Waals surface area (Å²) in [5.74, 6) is 0.813. The molecule has 5 heteroatoms. The molecule has 0 spiro atoms. The molecule has 1 aliphatic rings. The van der Waals surface area contributed by atoms with Crippen molar-refractivity contribution < 1.29 is 9.53 Å². The second-order valence-electron chi connectivity index (χ2n) is 5.97. The van der Waals surface area contributed by atoms with E-state index in [-0.39, 0.29) is 11.9 Å². The number of hydrogen-bond acceptors (Lipinski definition) is 4. The number of para-hydroxylation sites is 1. The first-order valence-corrected chi connectivity index (χ1v) is 8.17. The van der Waals surface area contributed by atoms with Crippen LogP contribution in [0.1, 0.15) is 16.8 Å². The first-order valence-electron chi connectivity index (χ1n) is 8.17. The molecule has 5 nitrogen and oxygen atoms in total. The fraction of sp³-hybridized carbons (Fsp3) is 0.316. The lowest BCUT2D eigenvalue weighted by molar-refractivity contribution is 0.0745. The summed E-state index contributed by atoms with van der Waals surface area (Å²) < 4.78 is 5.25. The Morgan fingerprint density at radius 2 is 2.08 bits per heavy atom. The van der Waals surface area contributed by atoms with Crippen LogP contribution in [0.15, 0.2) is 48.5 Å². The summed E-state index contributed by atoms with van der Waals surface area (Å²) in [5.41, 5.74) is 2.36. The standard InChI is InChI=1S/C19H23N3O2/c1-22(15-10-11-20-13-15)19(23)17-8-3-4-9-18(17)21-14-6-5-7-16(12-14)24-2/h3-9,12,15,20-21H,10-11,13H2,1-2H3/t15-/m1/s1. The highest BCUT2D eigenvalue weighted by molar-refractivity contribution is 6.00. The van der Waals surface area contributed by atoms with Gasteiger partial charge < -0.3 is 20.3 Å². The Balaban J connectivity index is 1.83. The number of amides is 1. The van der Waals surface area contributed by atoms with Crippen molar-refractivity contribution >= 4 is 17.3 Å². The van der Waals surface area contributed by atoms with Crippen molar-refractivity contribution in [3.05, 3.63) is 54.1 Å². The second-order valence-corrected chi connectivity index (χ2v) is 5.97. The third-order valence-corrected chi connectivity index (χ3v) is 4.41. The zero-order valence-electron chi connectivity index (χ0n) is 14.1. The molecule has 1 saturated heterocycles. The maximum Gasteiger partial charge on any atom is 0.255 e. The van der Waals surface area contributed by atoms with Crippen LogP contribution >= 0.6 is 0 Å². The minimum absolute atomic E-state index is 0.0368. The van der Waals surface area contributed by atoms with E-state index in [1.807, 2.05) is 60.5 Å². The van der Waals surface area contributed by atoms with Crippen LogP contribution in [0.5, 0.6) is 5.75 Å². The topological polar surface area (TPSA) is 53.6 Å². The number of hydrogen-bond donors (Lipinski definition) is 2. The van der Waals surface area contributed by atoms with Crippen molar-refractivity contribution in [1.82, 2.24) is 10.2 Å². The number of carbonyl (C=O) groups is 1. The number of carbonyl (C=O) groups excluding carboxylic acids is 1. The normalized spacial score (nSPS) is 16.7. The van der Waals surface area contributed by atoms with Crippen LogP contribution in [-0.2, 0) is 0 Å². The summed E-state index contributed by atoms with van der Waals surface area (Å²) in [7, 11) is 3.52. The van der Waals surface area contributed by atoms with Crippen LogP contribution in [0.25, 0.3) is 0 Å². The largest absolute Gasteiger partial charge is 0.497 e. The SMILES string of the molecule is COc1cccc(Nc2ccccc2C(=O)N(C)[C@@H]2CCNC2)c1. The summed E-state index contributed by atoms with van der Waals surface area (Å²) in [4.78, 5) is 14.7. The average molecular weight is 325 g/mol. The third-order valence-electron chi connectivity index (χ3n) is 4.41. The van der Waals surface area contributed by atoms with Crippen molar-refractivity contribution in [2.45, 2.75) is 12.5 Å². The van der Waals surface area contributed by atoms with Crippen LogP contribution in [0.4, 0.5) is 11.4 Å². The van der Waals surface area contributed by atoms with E-state index >= 15 is 0 Å². The van der Waals surface area contributed by atoms with Gasteiger partial charge in [-0.3, -0.25) is 4.79 Å². The maximum atomic E-state index is 12.9. The molecule has 1 atom stereocenters. The van der Waals surface area contributed by atoms with Gasteiger partial charge in [-0.05, 0) is 37.2 Å². The Morgan fingerprint density at radius 3 is 2.83 bits per heavy atom. The van der Waals surface area contributed by atoms with Gasteiger partial charge >= 0.3 is 0 Å². The summed E-state index contributed by atoms with van der Waals surface area (Å²) in [6.45, 7) is 1.82. The number of likely N-dealkylation sites (N-methyl/N-ethyl adjacent to an activating group) is 1. The molecular weight excluding hydrogens is 302 g/mol. The third kappa shape index (κ3) is 3.51. The van der Waals surface area contributed by atoms with Crippen molar-refractivity contribution in [3.8, 4) is 5.75 Å². The van der Waals surface area contributed by atoms with Gasteiger partial charge in [0.05, 0.1) is 18.4 Å². The Hall–Kier alpha value is -2.53. The second kappa shape index (κ2) is 7.36. The molecule has 1 fully saturated rings. The number of nitrogens with zero attached hydrogens (tertiary/aromatic N) is 1. The van der Waals surface area contributed by atoms with Gasteiger partial charge in [0.2, 0.25) is 0 Å². The number of methoxy groups -OCH3 is 1. The van der Waals surface area contributed by atoms with E-state index < -0.39 is 0 Å². The van der Waals surface area contributed by atoms with E-state index in [4.69, 9.17) is 4.74 Å². The lowest BCUT2D eigenvalue weighted by Crippen LogP contribution is -2.38. The molecule has 24 heavy (non-hydrogen) atoms. The Morgan fingerprint density at radius 1 is 1.25 bits per heavy atom. The zero-order chi connectivity index (χ0) is 16.9. The summed E-state index contributed by atoms with van der Waals surface area (Å²) in [6.07, 6.45) is 0.994. The van der Waals surface area contributed by atoms with Crippen LogP contribution < -0.4 is 15.4 Å². The van der Waals surface area contributed by atoms with Gasteiger partial charge in [-0.2, -0.15) is 0 Å². The number of nitrogens with one attached hydrogen (secondary N) is 2. The van der Waals surface area contributed by atoms with Gasteiger partial charge in [-0.1, -0.05) is 18.2 Å². The fourth-order valence-electron chi connectivity index (χ4n) is 2.96. The van der Waals surface area contributed by atoms with E-state index in [0.29, 0.717) is 5.56 Å². The molecule has 0 aliphatic carbocycles. The highest BCUT2D eigenvalue weighted by Crippen LogP contribution is 2.25. The molecule has 2 aromatic rings. The van der Waals surface area contributed by atoms with E-state index in [1.165, 1.54) is 0 Å². The highest BCUT2D eigenvalue weighted by atomic mass is 16.5. The molecule has 0 aromatic heterocycles. The average Bonchev–Trinajstić information content (AvgIpc) is 3.16. The minimum atomic E-state index is 0.0368. The summed E-state index contributed by atoms with van der Waals surface area (Å²) >= 11 is 0. The van der Waals surface area contributed by atoms with E-state index in [2.05, 4.69) is 10.6 Å². The molecule has 0 bridgehead atoms. The zero-order valence-corrected chi connectivity index (χ0v) is 14.1. The molecule has 126 valence electrons. The van der Waals surface area contributed by atoms with Crippen molar-refractivity contribution in [1.29, 1.82) is 0 Å². The van der Waals surface area contributed by atoms with Crippen molar-refractivity contribution in [2.24, 2.45) is 0 Å². The van der Waals surface area contributed by atoms with E-state index in [0.717, 1.165) is 36.6 Å². The Labute approximate surface area is 142 Å².